The molecular formula is C10H8NO2. The SMILES string of the molecule is O=[C]NCc1occ2ccccc12. The Morgan fingerprint density at radius 1 is 1.38 bits per heavy atom. The minimum absolute atomic E-state index is 0.386. The average molecular weight is 174 g/mol. The van der Waals surface area contributed by atoms with Crippen molar-refractivity contribution < 1.29 is 9.21 Å². The number of rotatable bonds is 3. The lowest BCUT2D eigenvalue weighted by atomic mass is 10.2. The van der Waals surface area contributed by atoms with Crippen LogP contribution in [0.1, 0.15) is 5.76 Å². The van der Waals surface area contributed by atoms with E-state index >= 15 is 0 Å². The Morgan fingerprint density at radius 3 is 3.08 bits per heavy atom. The maximum atomic E-state index is 9.96. The maximum absolute atomic E-state index is 9.96. The molecule has 0 aliphatic carbocycles. The number of amides is 1. The highest BCUT2D eigenvalue weighted by Crippen LogP contribution is 2.19. The predicted molar refractivity (Wildman–Crippen MR) is 48.7 cm³/mol. The van der Waals surface area contributed by atoms with E-state index in [-0.39, 0.29) is 0 Å². The Balaban J connectivity index is 2.40. The van der Waals surface area contributed by atoms with E-state index in [0.29, 0.717) is 6.54 Å². The van der Waals surface area contributed by atoms with Gasteiger partial charge >= 0.3 is 6.41 Å². The van der Waals surface area contributed by atoms with Gasteiger partial charge in [-0.15, -0.1) is 0 Å². The van der Waals surface area contributed by atoms with Gasteiger partial charge in [0.25, 0.3) is 0 Å². The Morgan fingerprint density at radius 2 is 2.23 bits per heavy atom. The van der Waals surface area contributed by atoms with E-state index in [0.717, 1.165) is 16.5 Å². The molecule has 65 valence electrons. The van der Waals surface area contributed by atoms with E-state index in [2.05, 4.69) is 5.32 Å². The number of furan rings is 1. The molecule has 2 rings (SSSR count). The lowest BCUT2D eigenvalue weighted by molar-refractivity contribution is 0.495. The average Bonchev–Trinajstić information content (AvgIpc) is 2.58. The van der Waals surface area contributed by atoms with Gasteiger partial charge in [-0.05, 0) is 0 Å². The van der Waals surface area contributed by atoms with Crippen LogP contribution in [-0.2, 0) is 11.3 Å². The van der Waals surface area contributed by atoms with Gasteiger partial charge in [-0.3, -0.25) is 4.79 Å². The molecule has 2 aromatic rings. The van der Waals surface area contributed by atoms with Crippen LogP contribution in [0.2, 0.25) is 0 Å². The quantitative estimate of drug-likeness (QED) is 0.718. The predicted octanol–water partition coefficient (Wildman–Crippen LogP) is 1.59. The summed E-state index contributed by atoms with van der Waals surface area (Å²) in [5.41, 5.74) is 0. The molecule has 0 fully saturated rings. The van der Waals surface area contributed by atoms with Crippen molar-refractivity contribution in [3.8, 4) is 0 Å². The molecule has 13 heavy (non-hydrogen) atoms. The molecule has 0 bridgehead atoms. The van der Waals surface area contributed by atoms with Gasteiger partial charge in [0.1, 0.15) is 5.76 Å². The van der Waals surface area contributed by atoms with Crippen molar-refractivity contribution in [2.24, 2.45) is 0 Å². The molecule has 3 heteroatoms. The normalized spacial score (nSPS) is 10.2. The zero-order valence-corrected chi connectivity index (χ0v) is 6.91. The smallest absolute Gasteiger partial charge is 0.309 e. The van der Waals surface area contributed by atoms with Gasteiger partial charge in [0.15, 0.2) is 0 Å². The van der Waals surface area contributed by atoms with Crippen molar-refractivity contribution in [2.75, 3.05) is 0 Å². The van der Waals surface area contributed by atoms with Crippen LogP contribution < -0.4 is 5.32 Å². The van der Waals surface area contributed by atoms with Gasteiger partial charge in [0.2, 0.25) is 0 Å². The summed E-state index contributed by atoms with van der Waals surface area (Å²) in [6, 6.07) is 7.81. The lowest BCUT2D eigenvalue weighted by Crippen LogP contribution is -2.08. The van der Waals surface area contributed by atoms with E-state index in [4.69, 9.17) is 4.42 Å². The molecule has 1 N–H and O–H groups in total. The summed E-state index contributed by atoms with van der Waals surface area (Å²) in [5.74, 6) is 0.763. The van der Waals surface area contributed by atoms with E-state index in [9.17, 15) is 4.79 Å². The molecule has 0 atom stereocenters. The number of nitrogens with one attached hydrogen (secondary N) is 1. The van der Waals surface area contributed by atoms with Crippen molar-refractivity contribution in [3.05, 3.63) is 36.3 Å². The fourth-order valence-corrected chi connectivity index (χ4v) is 1.31. The zero-order valence-electron chi connectivity index (χ0n) is 6.91. The number of benzene rings is 1. The Kier molecular flexibility index (Phi) is 2.00. The van der Waals surface area contributed by atoms with E-state index in [1.54, 1.807) is 12.7 Å². The van der Waals surface area contributed by atoms with Gasteiger partial charge in [0, 0.05) is 10.8 Å². The van der Waals surface area contributed by atoms with E-state index in [1.807, 2.05) is 24.3 Å². The molecule has 1 amide bonds. The molecule has 0 saturated heterocycles. The summed E-state index contributed by atoms with van der Waals surface area (Å²) < 4.78 is 5.28. The van der Waals surface area contributed by atoms with E-state index in [1.165, 1.54) is 0 Å². The minimum Gasteiger partial charge on any atom is -0.466 e. The monoisotopic (exact) mass is 174 g/mol. The van der Waals surface area contributed by atoms with Crippen LogP contribution >= 0.6 is 0 Å². The molecule has 1 heterocycles. The standard InChI is InChI=1S/C10H8NO2/c12-7-11-5-10-9-4-2-1-3-8(9)6-13-10/h1-4,6H,5H2,(H,11,12). The first-order valence-electron chi connectivity index (χ1n) is 3.97. The van der Waals surface area contributed by atoms with Crippen LogP contribution in [-0.4, -0.2) is 6.41 Å². The van der Waals surface area contributed by atoms with Crippen LogP contribution in [0.4, 0.5) is 0 Å². The Bertz CT molecular complexity index is 420. The second-order valence-electron chi connectivity index (χ2n) is 2.70. The molecule has 1 radical (unpaired) electrons. The largest absolute Gasteiger partial charge is 0.466 e. The molecule has 0 spiro atoms. The summed E-state index contributed by atoms with van der Waals surface area (Å²) in [5, 5.41) is 4.52. The third kappa shape index (κ3) is 1.40. The fourth-order valence-electron chi connectivity index (χ4n) is 1.31. The summed E-state index contributed by atoms with van der Waals surface area (Å²) in [6.45, 7) is 0.386. The second-order valence-corrected chi connectivity index (χ2v) is 2.70. The van der Waals surface area contributed by atoms with Gasteiger partial charge in [-0.1, -0.05) is 24.3 Å². The molecule has 0 aliphatic heterocycles. The van der Waals surface area contributed by atoms with Crippen molar-refractivity contribution in [1.29, 1.82) is 0 Å². The molecule has 1 aromatic carbocycles. The molecule has 0 aliphatic rings. The van der Waals surface area contributed by atoms with Crippen LogP contribution in [0.25, 0.3) is 10.8 Å². The van der Waals surface area contributed by atoms with Crippen molar-refractivity contribution in [3.63, 3.8) is 0 Å². The summed E-state index contributed by atoms with van der Waals surface area (Å²) in [6.07, 6.45) is 3.29. The highest BCUT2D eigenvalue weighted by atomic mass is 16.3. The molecular weight excluding hydrogens is 166 g/mol. The first kappa shape index (κ1) is 7.86. The third-order valence-corrected chi connectivity index (χ3v) is 1.91. The first-order valence-corrected chi connectivity index (χ1v) is 3.97. The molecule has 1 aromatic heterocycles. The highest BCUT2D eigenvalue weighted by molar-refractivity contribution is 5.84. The highest BCUT2D eigenvalue weighted by Gasteiger charge is 2.03. The van der Waals surface area contributed by atoms with Gasteiger partial charge in [-0.25, -0.2) is 0 Å². The van der Waals surface area contributed by atoms with Crippen LogP contribution in [0, 0.1) is 0 Å². The third-order valence-electron chi connectivity index (χ3n) is 1.91. The van der Waals surface area contributed by atoms with Gasteiger partial charge in [0.05, 0.1) is 12.8 Å². The topological polar surface area (TPSA) is 42.2 Å². The Hall–Kier alpha value is -1.77. The van der Waals surface area contributed by atoms with E-state index < -0.39 is 0 Å². The number of fused-ring (bicyclic) bond motifs is 1. The molecule has 3 nitrogen and oxygen atoms in total. The number of hydrogen-bond acceptors (Lipinski definition) is 2. The summed E-state index contributed by atoms with van der Waals surface area (Å²) >= 11 is 0. The number of hydrogen-bond donors (Lipinski definition) is 1. The fraction of sp³-hybridized carbons (Fsp3) is 0.100. The van der Waals surface area contributed by atoms with Gasteiger partial charge in [-0.2, -0.15) is 0 Å². The second kappa shape index (κ2) is 3.31. The molecule has 0 saturated carbocycles. The lowest BCUT2D eigenvalue weighted by Gasteiger charge is -1.93. The van der Waals surface area contributed by atoms with Crippen LogP contribution in [0.3, 0.4) is 0 Å². The van der Waals surface area contributed by atoms with Crippen molar-refractivity contribution >= 4 is 17.2 Å². The Labute approximate surface area is 75.3 Å². The van der Waals surface area contributed by atoms with Crippen molar-refractivity contribution in [2.45, 2.75) is 6.54 Å². The zero-order chi connectivity index (χ0) is 9.10. The van der Waals surface area contributed by atoms with Gasteiger partial charge < -0.3 is 9.73 Å². The van der Waals surface area contributed by atoms with Crippen LogP contribution in [0.15, 0.2) is 34.9 Å². The first-order chi connectivity index (χ1) is 6.42. The maximum Gasteiger partial charge on any atom is 0.309 e. The summed E-state index contributed by atoms with van der Waals surface area (Å²) in [7, 11) is 0. The van der Waals surface area contributed by atoms with Crippen LogP contribution in [0.5, 0.6) is 0 Å². The molecule has 0 unspecified atom stereocenters. The summed E-state index contributed by atoms with van der Waals surface area (Å²) in [4.78, 5) is 9.96. The number of carbonyl (C=O) groups excluding carboxylic acids is 1. The minimum atomic E-state index is 0.386. The van der Waals surface area contributed by atoms with Crippen molar-refractivity contribution in [1.82, 2.24) is 5.32 Å².